The van der Waals surface area contributed by atoms with Gasteiger partial charge in [0.2, 0.25) is 5.95 Å². The van der Waals surface area contributed by atoms with Crippen molar-refractivity contribution in [2.45, 2.75) is 25.8 Å². The van der Waals surface area contributed by atoms with Gasteiger partial charge in [-0.1, -0.05) is 0 Å². The van der Waals surface area contributed by atoms with Gasteiger partial charge in [-0.05, 0) is 66.1 Å². The lowest BCUT2D eigenvalue weighted by atomic mass is 9.84. The second-order valence-corrected chi connectivity index (χ2v) is 7.57. The van der Waals surface area contributed by atoms with Crippen LogP contribution < -0.4 is 4.90 Å². The van der Waals surface area contributed by atoms with Crippen LogP contribution in [0, 0.1) is 11.8 Å². The van der Waals surface area contributed by atoms with Crippen molar-refractivity contribution >= 4 is 17.3 Å². The maximum absolute atomic E-state index is 4.39. The molecule has 0 N–H and O–H groups in total. The van der Waals surface area contributed by atoms with Crippen LogP contribution >= 0.6 is 11.3 Å². The molecule has 0 aromatic carbocycles. The van der Waals surface area contributed by atoms with E-state index in [0.717, 1.165) is 37.4 Å². The van der Waals surface area contributed by atoms with Gasteiger partial charge in [-0.3, -0.25) is 4.90 Å². The fourth-order valence-electron chi connectivity index (χ4n) is 4.06. The number of likely N-dealkylation sites (tertiary alicyclic amines) is 1. The van der Waals surface area contributed by atoms with Gasteiger partial charge in [0.25, 0.3) is 0 Å². The van der Waals surface area contributed by atoms with E-state index >= 15 is 0 Å². The van der Waals surface area contributed by atoms with Crippen molar-refractivity contribution in [3.63, 3.8) is 0 Å². The first-order valence-electron chi connectivity index (χ1n) is 8.64. The zero-order valence-corrected chi connectivity index (χ0v) is 14.3. The molecule has 0 radical (unpaired) electrons. The van der Waals surface area contributed by atoms with Crippen LogP contribution in [0.2, 0.25) is 0 Å². The summed E-state index contributed by atoms with van der Waals surface area (Å²) in [5.74, 6) is 2.66. The molecule has 1 atom stereocenters. The average Bonchev–Trinajstić information content (AvgIpc) is 3.28. The molecule has 4 nitrogen and oxygen atoms in total. The highest BCUT2D eigenvalue weighted by atomic mass is 32.1. The fraction of sp³-hybridized carbons (Fsp3) is 0.556. The number of thiophene rings is 1. The third-order valence-corrected chi connectivity index (χ3v) is 6.07. The SMILES string of the molecule is c1cnc(N2CCC([C@H]3CCN(Cc4ccsc4)C3)CC2)nc1. The van der Waals surface area contributed by atoms with Gasteiger partial charge in [-0.2, -0.15) is 11.3 Å². The van der Waals surface area contributed by atoms with Crippen molar-refractivity contribution in [3.8, 4) is 0 Å². The van der Waals surface area contributed by atoms with Crippen LogP contribution in [-0.4, -0.2) is 41.0 Å². The number of nitrogens with zero attached hydrogens (tertiary/aromatic N) is 4. The van der Waals surface area contributed by atoms with Gasteiger partial charge in [-0.15, -0.1) is 0 Å². The minimum absolute atomic E-state index is 0.877. The molecule has 0 aliphatic carbocycles. The number of aromatic nitrogens is 2. The van der Waals surface area contributed by atoms with E-state index in [1.165, 1.54) is 37.9 Å². The Morgan fingerprint density at radius 3 is 2.57 bits per heavy atom. The molecule has 4 heterocycles. The van der Waals surface area contributed by atoms with E-state index in [9.17, 15) is 0 Å². The number of anilines is 1. The van der Waals surface area contributed by atoms with Gasteiger partial charge < -0.3 is 4.90 Å². The predicted molar refractivity (Wildman–Crippen MR) is 94.7 cm³/mol. The number of rotatable bonds is 4. The van der Waals surface area contributed by atoms with E-state index < -0.39 is 0 Å². The van der Waals surface area contributed by atoms with Crippen LogP contribution in [0.1, 0.15) is 24.8 Å². The first-order valence-corrected chi connectivity index (χ1v) is 9.58. The zero-order valence-electron chi connectivity index (χ0n) is 13.5. The molecule has 2 fully saturated rings. The molecular weight excluding hydrogens is 304 g/mol. The number of hydrogen-bond acceptors (Lipinski definition) is 5. The van der Waals surface area contributed by atoms with Crippen molar-refractivity contribution in [2.75, 3.05) is 31.1 Å². The van der Waals surface area contributed by atoms with Gasteiger partial charge in [-0.25, -0.2) is 9.97 Å². The maximum Gasteiger partial charge on any atom is 0.225 e. The van der Waals surface area contributed by atoms with Crippen molar-refractivity contribution in [1.29, 1.82) is 0 Å². The van der Waals surface area contributed by atoms with Crippen LogP contribution in [0.3, 0.4) is 0 Å². The largest absolute Gasteiger partial charge is 0.341 e. The van der Waals surface area contributed by atoms with Gasteiger partial charge >= 0.3 is 0 Å². The summed E-state index contributed by atoms with van der Waals surface area (Å²) in [6, 6.07) is 4.15. The molecule has 2 aliphatic rings. The summed E-state index contributed by atoms with van der Waals surface area (Å²) < 4.78 is 0. The number of piperidine rings is 1. The Hall–Kier alpha value is -1.46. The Labute approximate surface area is 142 Å². The molecule has 122 valence electrons. The predicted octanol–water partition coefficient (Wildman–Crippen LogP) is 3.28. The Morgan fingerprint density at radius 2 is 1.83 bits per heavy atom. The molecule has 2 aromatic rings. The van der Waals surface area contributed by atoms with Crippen molar-refractivity contribution < 1.29 is 0 Å². The first kappa shape index (κ1) is 15.1. The summed E-state index contributed by atoms with van der Waals surface area (Å²) in [6.07, 6.45) is 7.63. The van der Waals surface area contributed by atoms with E-state index in [1.807, 2.05) is 18.5 Å². The lowest BCUT2D eigenvalue weighted by Gasteiger charge is -2.34. The summed E-state index contributed by atoms with van der Waals surface area (Å²) in [5.41, 5.74) is 1.48. The highest BCUT2D eigenvalue weighted by molar-refractivity contribution is 7.07. The Bertz CT molecular complexity index is 593. The van der Waals surface area contributed by atoms with Crippen LogP contribution in [0.25, 0.3) is 0 Å². The van der Waals surface area contributed by atoms with Gasteiger partial charge in [0.05, 0.1) is 0 Å². The Morgan fingerprint density at radius 1 is 1.04 bits per heavy atom. The van der Waals surface area contributed by atoms with Gasteiger partial charge in [0, 0.05) is 38.6 Å². The van der Waals surface area contributed by atoms with E-state index in [2.05, 4.69) is 36.6 Å². The van der Waals surface area contributed by atoms with Crippen LogP contribution in [-0.2, 0) is 6.54 Å². The fourth-order valence-corrected chi connectivity index (χ4v) is 4.72. The smallest absolute Gasteiger partial charge is 0.225 e. The highest BCUT2D eigenvalue weighted by Crippen LogP contribution is 2.33. The van der Waals surface area contributed by atoms with Gasteiger partial charge in [0.1, 0.15) is 0 Å². The molecular formula is C18H24N4S. The van der Waals surface area contributed by atoms with E-state index in [0.29, 0.717) is 0 Å². The average molecular weight is 328 g/mol. The molecule has 5 heteroatoms. The lowest BCUT2D eigenvalue weighted by molar-refractivity contribution is 0.252. The summed E-state index contributed by atoms with van der Waals surface area (Å²) >= 11 is 1.81. The van der Waals surface area contributed by atoms with Crippen molar-refractivity contribution in [1.82, 2.24) is 14.9 Å². The first-order chi connectivity index (χ1) is 11.4. The second kappa shape index (κ2) is 6.97. The second-order valence-electron chi connectivity index (χ2n) is 6.79. The maximum atomic E-state index is 4.39. The molecule has 2 aliphatic heterocycles. The lowest BCUT2D eigenvalue weighted by Crippen LogP contribution is -2.37. The van der Waals surface area contributed by atoms with Crippen LogP contribution in [0.5, 0.6) is 0 Å². The standard InChI is InChI=1S/C18H24N4S/c1-6-19-18(20-7-1)22-9-3-16(4-10-22)17-2-8-21(13-17)12-15-5-11-23-14-15/h1,5-7,11,14,16-17H,2-4,8-10,12-13H2/t17-/m0/s1. The van der Waals surface area contributed by atoms with E-state index in [-0.39, 0.29) is 0 Å². The minimum Gasteiger partial charge on any atom is -0.341 e. The minimum atomic E-state index is 0.877. The summed E-state index contributed by atoms with van der Waals surface area (Å²) in [5, 5.41) is 4.47. The topological polar surface area (TPSA) is 32.3 Å². The molecule has 0 spiro atoms. The Balaban J connectivity index is 1.28. The third kappa shape index (κ3) is 3.56. The van der Waals surface area contributed by atoms with Crippen LogP contribution in [0.15, 0.2) is 35.3 Å². The summed E-state index contributed by atoms with van der Waals surface area (Å²) in [6.45, 7) is 5.90. The molecule has 23 heavy (non-hydrogen) atoms. The number of hydrogen-bond donors (Lipinski definition) is 0. The monoisotopic (exact) mass is 328 g/mol. The summed E-state index contributed by atoms with van der Waals surface area (Å²) in [7, 11) is 0. The quantitative estimate of drug-likeness (QED) is 0.862. The summed E-state index contributed by atoms with van der Waals surface area (Å²) in [4.78, 5) is 13.8. The Kier molecular flexibility index (Phi) is 4.57. The molecule has 4 rings (SSSR count). The zero-order chi connectivity index (χ0) is 15.5. The molecule has 0 bridgehead atoms. The van der Waals surface area contributed by atoms with E-state index in [4.69, 9.17) is 0 Å². The molecule has 2 saturated heterocycles. The molecule has 2 aromatic heterocycles. The molecule has 0 amide bonds. The van der Waals surface area contributed by atoms with E-state index in [1.54, 1.807) is 11.3 Å². The molecule has 0 saturated carbocycles. The van der Waals surface area contributed by atoms with Crippen molar-refractivity contribution in [3.05, 3.63) is 40.8 Å². The molecule has 0 unspecified atom stereocenters. The highest BCUT2D eigenvalue weighted by Gasteiger charge is 2.32. The van der Waals surface area contributed by atoms with Crippen molar-refractivity contribution in [2.24, 2.45) is 11.8 Å². The van der Waals surface area contributed by atoms with Gasteiger partial charge in [0.15, 0.2) is 0 Å². The normalized spacial score (nSPS) is 23.5. The van der Waals surface area contributed by atoms with Crippen LogP contribution in [0.4, 0.5) is 5.95 Å². The third-order valence-electron chi connectivity index (χ3n) is 5.34.